The van der Waals surface area contributed by atoms with Gasteiger partial charge in [-0.25, -0.2) is 0 Å². The molecule has 2 fully saturated rings. The molecule has 2 aliphatic carbocycles. The molecule has 0 radical (unpaired) electrons. The molecule has 0 saturated heterocycles. The van der Waals surface area contributed by atoms with E-state index in [2.05, 4.69) is 29.6 Å². The highest BCUT2D eigenvalue weighted by Crippen LogP contribution is 2.41. The molecule has 3 heteroatoms. The average molecular weight is 424 g/mol. The molecule has 0 heterocycles. The number of carbonyl (C=O) groups excluding carboxylic acids is 2. The van der Waals surface area contributed by atoms with E-state index in [1.54, 1.807) is 0 Å². The first-order chi connectivity index (χ1) is 15.7. The molecule has 0 aromatic heterocycles. The van der Waals surface area contributed by atoms with Crippen molar-refractivity contribution in [3.8, 4) is 0 Å². The Kier molecular flexibility index (Phi) is 6.00. The number of benzene rings is 3. The van der Waals surface area contributed by atoms with E-state index < -0.39 is 0 Å². The van der Waals surface area contributed by atoms with Crippen molar-refractivity contribution >= 4 is 11.6 Å². The van der Waals surface area contributed by atoms with E-state index in [4.69, 9.17) is 0 Å². The molecular weight excluding hydrogens is 394 g/mol. The van der Waals surface area contributed by atoms with Crippen molar-refractivity contribution in [2.75, 3.05) is 6.54 Å². The summed E-state index contributed by atoms with van der Waals surface area (Å²) >= 11 is 0. The standard InChI is InChI=1S/C29H29NO2/c31-28(24-4-2-1-3-5-24)16-21-10-14-25(15-11-21)29(32)17-20-8-12-23(13-9-20)26-18-27(26)30-19-22-6-7-22/h1-5,8-15,22,26-27,30H,6-7,16-19H2. The van der Waals surface area contributed by atoms with E-state index >= 15 is 0 Å². The molecule has 3 aromatic rings. The maximum atomic E-state index is 12.7. The number of hydrogen-bond acceptors (Lipinski definition) is 3. The van der Waals surface area contributed by atoms with Gasteiger partial charge in [0.05, 0.1) is 0 Å². The third-order valence-corrected chi connectivity index (χ3v) is 6.66. The van der Waals surface area contributed by atoms with Gasteiger partial charge in [0.25, 0.3) is 0 Å². The minimum atomic E-state index is 0.0883. The van der Waals surface area contributed by atoms with Crippen LogP contribution in [0, 0.1) is 5.92 Å². The van der Waals surface area contributed by atoms with E-state index in [0.29, 0.717) is 35.9 Å². The summed E-state index contributed by atoms with van der Waals surface area (Å²) in [5.74, 6) is 1.74. The smallest absolute Gasteiger partial charge is 0.167 e. The highest BCUT2D eigenvalue weighted by molar-refractivity contribution is 5.99. The van der Waals surface area contributed by atoms with Crippen LogP contribution in [0.5, 0.6) is 0 Å². The van der Waals surface area contributed by atoms with Gasteiger partial charge in [-0.2, -0.15) is 0 Å². The normalized spacial score (nSPS) is 19.5. The molecule has 5 rings (SSSR count). The lowest BCUT2D eigenvalue weighted by Crippen LogP contribution is -2.20. The molecule has 162 valence electrons. The van der Waals surface area contributed by atoms with E-state index in [9.17, 15) is 9.59 Å². The molecule has 2 atom stereocenters. The van der Waals surface area contributed by atoms with Crippen molar-refractivity contribution in [3.63, 3.8) is 0 Å². The zero-order chi connectivity index (χ0) is 21.9. The minimum Gasteiger partial charge on any atom is -0.313 e. The Morgan fingerprint density at radius 3 is 1.88 bits per heavy atom. The fourth-order valence-corrected chi connectivity index (χ4v) is 4.32. The minimum absolute atomic E-state index is 0.0883. The molecule has 3 aromatic carbocycles. The van der Waals surface area contributed by atoms with Gasteiger partial charge in [-0.1, -0.05) is 78.9 Å². The largest absolute Gasteiger partial charge is 0.313 e. The van der Waals surface area contributed by atoms with E-state index in [1.807, 2.05) is 54.6 Å². The second-order valence-corrected chi connectivity index (χ2v) is 9.30. The van der Waals surface area contributed by atoms with E-state index in [1.165, 1.54) is 31.4 Å². The van der Waals surface area contributed by atoms with Gasteiger partial charge < -0.3 is 5.32 Å². The van der Waals surface area contributed by atoms with Gasteiger partial charge in [0.1, 0.15) is 0 Å². The Bertz CT molecular complexity index is 1080. The summed E-state index contributed by atoms with van der Waals surface area (Å²) in [4.78, 5) is 25.1. The van der Waals surface area contributed by atoms with Crippen molar-refractivity contribution in [3.05, 3.63) is 107 Å². The molecule has 2 aliphatic rings. The van der Waals surface area contributed by atoms with Crippen LogP contribution in [0.25, 0.3) is 0 Å². The first kappa shape index (κ1) is 20.8. The Hall–Kier alpha value is -3.04. The quantitative estimate of drug-likeness (QED) is 0.445. The first-order valence-corrected chi connectivity index (χ1v) is 11.7. The highest BCUT2D eigenvalue weighted by atomic mass is 16.1. The molecule has 2 unspecified atom stereocenters. The number of nitrogens with one attached hydrogen (secondary N) is 1. The van der Waals surface area contributed by atoms with Crippen molar-refractivity contribution in [1.29, 1.82) is 0 Å². The molecule has 0 spiro atoms. The fraction of sp³-hybridized carbons (Fsp3) is 0.310. The Morgan fingerprint density at radius 1 is 0.719 bits per heavy atom. The zero-order valence-electron chi connectivity index (χ0n) is 18.3. The lowest BCUT2D eigenvalue weighted by Gasteiger charge is -2.06. The van der Waals surface area contributed by atoms with Crippen molar-refractivity contribution in [1.82, 2.24) is 5.32 Å². The van der Waals surface area contributed by atoms with E-state index in [-0.39, 0.29) is 11.6 Å². The van der Waals surface area contributed by atoms with Crippen LogP contribution in [0.2, 0.25) is 0 Å². The fourth-order valence-electron chi connectivity index (χ4n) is 4.32. The Labute approximate surface area is 189 Å². The summed E-state index contributed by atoms with van der Waals surface area (Å²) in [6, 6.07) is 26.0. The topological polar surface area (TPSA) is 46.2 Å². The highest BCUT2D eigenvalue weighted by Gasteiger charge is 2.38. The van der Waals surface area contributed by atoms with Gasteiger partial charge in [-0.15, -0.1) is 0 Å². The summed E-state index contributed by atoms with van der Waals surface area (Å²) in [7, 11) is 0. The number of rotatable bonds is 10. The second kappa shape index (κ2) is 9.22. The van der Waals surface area contributed by atoms with Crippen LogP contribution in [0.3, 0.4) is 0 Å². The average Bonchev–Trinajstić information content (AvgIpc) is 3.75. The van der Waals surface area contributed by atoms with Gasteiger partial charge in [0.15, 0.2) is 11.6 Å². The van der Waals surface area contributed by atoms with Gasteiger partial charge >= 0.3 is 0 Å². The SMILES string of the molecule is O=C(Cc1ccc(C(=O)Cc2ccc(C3CC3NCC3CC3)cc2)cc1)c1ccccc1. The maximum absolute atomic E-state index is 12.7. The summed E-state index contributed by atoms with van der Waals surface area (Å²) in [6.07, 6.45) is 4.75. The molecule has 0 amide bonds. The summed E-state index contributed by atoms with van der Waals surface area (Å²) in [5, 5.41) is 3.69. The Morgan fingerprint density at radius 2 is 1.28 bits per heavy atom. The van der Waals surface area contributed by atoms with Gasteiger partial charge in [0.2, 0.25) is 0 Å². The summed E-state index contributed by atoms with van der Waals surface area (Å²) in [5.41, 5.74) is 4.75. The lowest BCUT2D eigenvalue weighted by molar-refractivity contribution is 0.0986. The van der Waals surface area contributed by atoms with Gasteiger partial charge in [-0.05, 0) is 48.4 Å². The van der Waals surface area contributed by atoms with Crippen molar-refractivity contribution in [2.24, 2.45) is 5.92 Å². The molecular formula is C29H29NO2. The van der Waals surface area contributed by atoms with Gasteiger partial charge in [0, 0.05) is 35.9 Å². The number of ketones is 2. The molecule has 2 saturated carbocycles. The predicted molar refractivity (Wildman–Crippen MR) is 127 cm³/mol. The number of hydrogen-bond donors (Lipinski definition) is 1. The van der Waals surface area contributed by atoms with Crippen LogP contribution >= 0.6 is 0 Å². The molecule has 0 aliphatic heterocycles. The van der Waals surface area contributed by atoms with Crippen LogP contribution in [-0.2, 0) is 12.8 Å². The summed E-state index contributed by atoms with van der Waals surface area (Å²) in [6.45, 7) is 1.17. The molecule has 32 heavy (non-hydrogen) atoms. The third-order valence-electron chi connectivity index (χ3n) is 6.66. The molecule has 1 N–H and O–H groups in total. The Balaban J connectivity index is 1.13. The predicted octanol–water partition coefficient (Wildman–Crippen LogP) is 5.39. The third kappa shape index (κ3) is 5.23. The summed E-state index contributed by atoms with van der Waals surface area (Å²) < 4.78 is 0. The maximum Gasteiger partial charge on any atom is 0.167 e. The lowest BCUT2D eigenvalue weighted by atomic mass is 9.98. The van der Waals surface area contributed by atoms with Crippen molar-refractivity contribution < 1.29 is 9.59 Å². The monoisotopic (exact) mass is 423 g/mol. The number of carbonyl (C=O) groups is 2. The van der Waals surface area contributed by atoms with Gasteiger partial charge in [-0.3, -0.25) is 9.59 Å². The van der Waals surface area contributed by atoms with Crippen LogP contribution in [-0.4, -0.2) is 24.2 Å². The van der Waals surface area contributed by atoms with Crippen LogP contribution in [0.15, 0.2) is 78.9 Å². The van der Waals surface area contributed by atoms with Crippen LogP contribution in [0.4, 0.5) is 0 Å². The number of Topliss-reactive ketones (excluding diaryl/α,β-unsaturated/α-hetero) is 2. The molecule has 3 nitrogen and oxygen atoms in total. The molecule has 0 bridgehead atoms. The first-order valence-electron chi connectivity index (χ1n) is 11.7. The second-order valence-electron chi connectivity index (χ2n) is 9.30. The zero-order valence-corrected chi connectivity index (χ0v) is 18.3. The van der Waals surface area contributed by atoms with Crippen molar-refractivity contribution in [2.45, 2.75) is 44.1 Å². The van der Waals surface area contributed by atoms with E-state index in [0.717, 1.165) is 17.0 Å². The van der Waals surface area contributed by atoms with Crippen LogP contribution < -0.4 is 5.32 Å². The van der Waals surface area contributed by atoms with Crippen LogP contribution in [0.1, 0.15) is 62.6 Å².